The van der Waals surface area contributed by atoms with Gasteiger partial charge in [0.05, 0.1) is 5.69 Å². The van der Waals surface area contributed by atoms with E-state index >= 15 is 4.39 Å². The van der Waals surface area contributed by atoms with Crippen LogP contribution >= 0.6 is 0 Å². The Hall–Kier alpha value is -3.48. The van der Waals surface area contributed by atoms with Gasteiger partial charge in [0, 0.05) is 57.2 Å². The number of anilines is 1. The van der Waals surface area contributed by atoms with Crippen molar-refractivity contribution in [1.29, 1.82) is 0 Å². The molecule has 12 heteroatoms. The van der Waals surface area contributed by atoms with Gasteiger partial charge in [0.1, 0.15) is 11.3 Å². The van der Waals surface area contributed by atoms with Gasteiger partial charge in [-0.15, -0.1) is 0 Å². The summed E-state index contributed by atoms with van der Waals surface area (Å²) in [6.45, 7) is 0.354. The van der Waals surface area contributed by atoms with Gasteiger partial charge in [-0.25, -0.2) is 18.7 Å². The van der Waals surface area contributed by atoms with Crippen LogP contribution in [0.25, 0.3) is 11.0 Å². The summed E-state index contributed by atoms with van der Waals surface area (Å²) in [6, 6.07) is 9.38. The molecular formula is C24H27FN4O6S. The van der Waals surface area contributed by atoms with E-state index in [1.165, 1.54) is 36.2 Å². The Labute approximate surface area is 207 Å². The maximum absolute atomic E-state index is 15.2. The zero-order chi connectivity index (χ0) is 26.0. The average Bonchev–Trinajstić information content (AvgIpc) is 3.65. The lowest BCUT2D eigenvalue weighted by atomic mass is 9.97. The van der Waals surface area contributed by atoms with Crippen LogP contribution in [0.4, 0.5) is 14.9 Å². The summed E-state index contributed by atoms with van der Waals surface area (Å²) < 4.78 is 53.9. The van der Waals surface area contributed by atoms with Crippen molar-refractivity contribution < 1.29 is 26.8 Å². The molecule has 1 amide bonds. The van der Waals surface area contributed by atoms with Gasteiger partial charge in [-0.3, -0.25) is 4.72 Å². The molecule has 0 atom stereocenters. The van der Waals surface area contributed by atoms with Gasteiger partial charge in [0.25, 0.3) is 10.2 Å². The lowest BCUT2D eigenvalue weighted by molar-refractivity contribution is 0.172. The Morgan fingerprint density at radius 3 is 2.61 bits per heavy atom. The molecular weight excluding hydrogens is 491 g/mol. The molecule has 2 aromatic carbocycles. The maximum atomic E-state index is 15.2. The average molecular weight is 519 g/mol. The summed E-state index contributed by atoms with van der Waals surface area (Å²) >= 11 is 0. The summed E-state index contributed by atoms with van der Waals surface area (Å²) in [6.07, 6.45) is 1.37. The minimum atomic E-state index is -3.93. The molecule has 3 N–H and O–H groups in total. The molecule has 0 aliphatic heterocycles. The van der Waals surface area contributed by atoms with Crippen LogP contribution in [0.1, 0.15) is 29.5 Å². The van der Waals surface area contributed by atoms with E-state index in [2.05, 4.69) is 14.8 Å². The number of nitrogens with zero attached hydrogens (tertiary/aromatic N) is 1. The highest BCUT2D eigenvalue weighted by atomic mass is 32.2. The van der Waals surface area contributed by atoms with Crippen molar-refractivity contribution in [2.45, 2.75) is 31.8 Å². The molecule has 1 fully saturated rings. The van der Waals surface area contributed by atoms with E-state index in [4.69, 9.17) is 9.15 Å². The first-order valence-electron chi connectivity index (χ1n) is 11.3. The number of benzene rings is 2. The molecule has 1 aromatic heterocycles. The van der Waals surface area contributed by atoms with Crippen LogP contribution in [0.15, 0.2) is 45.6 Å². The molecule has 0 radical (unpaired) electrons. The number of hydrogen-bond acceptors (Lipinski definition) is 7. The standard InChI is InChI=1S/C24H27FN4O6S/c1-26-36(32,33)28-20-6-4-5-14(22(20)25)11-18-19(13-27-15-7-8-15)17-10-9-16(34-24(31)29(2)3)12-21(17)35-23(18)30/h4-6,9-10,12,15,26-28H,7-8,11,13H2,1-3H3. The molecule has 3 aromatic rings. The smallest absolute Gasteiger partial charge is 0.414 e. The Morgan fingerprint density at radius 1 is 1.19 bits per heavy atom. The van der Waals surface area contributed by atoms with Crippen LogP contribution in [0.2, 0.25) is 0 Å². The molecule has 1 aliphatic carbocycles. The fourth-order valence-electron chi connectivity index (χ4n) is 3.64. The first-order chi connectivity index (χ1) is 17.1. The fourth-order valence-corrected chi connectivity index (χ4v) is 4.18. The summed E-state index contributed by atoms with van der Waals surface area (Å²) in [5.74, 6) is -0.573. The third kappa shape index (κ3) is 5.83. The number of halogens is 1. The Bertz CT molecular complexity index is 1470. The van der Waals surface area contributed by atoms with Gasteiger partial charge in [-0.05, 0) is 42.2 Å². The Balaban J connectivity index is 1.75. The van der Waals surface area contributed by atoms with Gasteiger partial charge in [0.2, 0.25) is 0 Å². The van der Waals surface area contributed by atoms with E-state index in [1.807, 2.05) is 0 Å². The number of rotatable bonds is 9. The van der Waals surface area contributed by atoms with E-state index in [9.17, 15) is 18.0 Å². The second-order valence-corrected chi connectivity index (χ2v) is 10.3. The highest BCUT2D eigenvalue weighted by Gasteiger charge is 2.24. The fraction of sp³-hybridized carbons (Fsp3) is 0.333. The van der Waals surface area contributed by atoms with Gasteiger partial charge >= 0.3 is 11.7 Å². The molecule has 4 rings (SSSR count). The van der Waals surface area contributed by atoms with Crippen molar-refractivity contribution in [1.82, 2.24) is 14.9 Å². The number of fused-ring (bicyclic) bond motifs is 1. The number of carbonyl (C=O) groups is 1. The van der Waals surface area contributed by atoms with Crippen LogP contribution in [0.3, 0.4) is 0 Å². The zero-order valence-electron chi connectivity index (χ0n) is 20.1. The number of nitrogens with one attached hydrogen (secondary N) is 3. The molecule has 0 unspecified atom stereocenters. The van der Waals surface area contributed by atoms with Crippen LogP contribution in [-0.4, -0.2) is 46.6 Å². The predicted molar refractivity (Wildman–Crippen MR) is 133 cm³/mol. The molecule has 0 saturated heterocycles. The van der Waals surface area contributed by atoms with Crippen LogP contribution in [0.5, 0.6) is 5.75 Å². The van der Waals surface area contributed by atoms with Crippen molar-refractivity contribution >= 4 is 33.0 Å². The van der Waals surface area contributed by atoms with Gasteiger partial charge in [0.15, 0.2) is 5.82 Å². The quantitative estimate of drug-likeness (QED) is 0.371. The van der Waals surface area contributed by atoms with E-state index in [1.54, 1.807) is 26.2 Å². The first kappa shape index (κ1) is 25.6. The highest BCUT2D eigenvalue weighted by molar-refractivity contribution is 7.90. The molecule has 0 bridgehead atoms. The number of carbonyl (C=O) groups excluding carboxylic acids is 1. The lowest BCUT2D eigenvalue weighted by Crippen LogP contribution is -2.27. The Kier molecular flexibility index (Phi) is 7.29. The summed E-state index contributed by atoms with van der Waals surface area (Å²) in [7, 11) is 0.378. The van der Waals surface area contributed by atoms with Gasteiger partial charge < -0.3 is 19.4 Å². The van der Waals surface area contributed by atoms with E-state index in [-0.39, 0.29) is 34.6 Å². The number of hydrogen-bond donors (Lipinski definition) is 3. The summed E-state index contributed by atoms with van der Waals surface area (Å²) in [5.41, 5.74) is 0.350. The normalized spacial score (nSPS) is 13.6. The molecule has 36 heavy (non-hydrogen) atoms. The molecule has 1 aliphatic rings. The third-order valence-corrected chi connectivity index (χ3v) is 6.79. The monoisotopic (exact) mass is 518 g/mol. The van der Waals surface area contributed by atoms with Crippen molar-refractivity contribution in [2.75, 3.05) is 25.9 Å². The van der Waals surface area contributed by atoms with E-state index < -0.39 is 27.7 Å². The second-order valence-electron chi connectivity index (χ2n) is 8.69. The van der Waals surface area contributed by atoms with Crippen molar-refractivity contribution in [3.63, 3.8) is 0 Å². The Morgan fingerprint density at radius 2 is 1.94 bits per heavy atom. The minimum absolute atomic E-state index is 0.113. The molecule has 192 valence electrons. The topological polar surface area (TPSA) is 130 Å². The van der Waals surface area contributed by atoms with Crippen molar-refractivity contribution in [3.05, 3.63) is 69.3 Å². The minimum Gasteiger partial charge on any atom is -0.422 e. The summed E-state index contributed by atoms with van der Waals surface area (Å²) in [4.78, 5) is 26.3. The summed E-state index contributed by atoms with van der Waals surface area (Å²) in [5, 5.41) is 4.00. The van der Waals surface area contributed by atoms with E-state index in [0.717, 1.165) is 12.8 Å². The molecule has 0 spiro atoms. The van der Waals surface area contributed by atoms with Gasteiger partial charge in [-0.2, -0.15) is 8.42 Å². The number of ether oxygens (including phenoxy) is 1. The SMILES string of the molecule is CNS(=O)(=O)Nc1cccc(Cc2c(CNC3CC3)c3ccc(OC(=O)N(C)C)cc3oc2=O)c1F. The van der Waals surface area contributed by atoms with Crippen LogP contribution in [0, 0.1) is 5.82 Å². The van der Waals surface area contributed by atoms with Gasteiger partial charge in [-0.1, -0.05) is 12.1 Å². The first-order valence-corrected chi connectivity index (χ1v) is 12.8. The maximum Gasteiger partial charge on any atom is 0.414 e. The lowest BCUT2D eigenvalue weighted by Gasteiger charge is -2.15. The van der Waals surface area contributed by atoms with E-state index in [0.29, 0.717) is 23.5 Å². The largest absolute Gasteiger partial charge is 0.422 e. The van der Waals surface area contributed by atoms with Crippen LogP contribution < -0.4 is 25.1 Å². The van der Waals surface area contributed by atoms with Crippen molar-refractivity contribution in [3.8, 4) is 5.75 Å². The number of amides is 1. The van der Waals surface area contributed by atoms with Crippen molar-refractivity contribution in [2.24, 2.45) is 0 Å². The molecule has 1 saturated carbocycles. The second kappa shape index (κ2) is 10.2. The van der Waals surface area contributed by atoms with Crippen LogP contribution in [-0.2, 0) is 23.2 Å². The highest BCUT2D eigenvalue weighted by Crippen LogP contribution is 2.29. The zero-order valence-corrected chi connectivity index (χ0v) is 20.9. The molecule has 10 nitrogen and oxygen atoms in total. The predicted octanol–water partition coefficient (Wildman–Crippen LogP) is 2.71. The third-order valence-electron chi connectivity index (χ3n) is 5.77. The molecule has 1 heterocycles.